The number of nitrogens with one attached hydrogen (secondary N) is 1. The molecule has 2 atom stereocenters. The van der Waals surface area contributed by atoms with E-state index in [1.54, 1.807) is 0 Å². The maximum absolute atomic E-state index is 12.4. The van der Waals surface area contributed by atoms with Crippen LogP contribution in [0.5, 0.6) is 0 Å². The number of benzene rings is 1. The maximum atomic E-state index is 12.4. The van der Waals surface area contributed by atoms with Crippen molar-refractivity contribution in [3.05, 3.63) is 29.8 Å². The fraction of sp³-hybridized carbons (Fsp3) is 0.632. The molecule has 1 amide bonds. The van der Waals surface area contributed by atoms with Crippen molar-refractivity contribution in [1.29, 1.82) is 0 Å². The van der Waals surface area contributed by atoms with E-state index in [2.05, 4.69) is 36.5 Å². The van der Waals surface area contributed by atoms with Gasteiger partial charge in [0.05, 0.1) is 6.10 Å². The number of rotatable bonds is 6. The quantitative estimate of drug-likeness (QED) is 0.829. The van der Waals surface area contributed by atoms with E-state index in [1.807, 2.05) is 11.8 Å². The van der Waals surface area contributed by atoms with Crippen LogP contribution in [0.15, 0.2) is 29.2 Å². The zero-order chi connectivity index (χ0) is 17.0. The molecule has 3 N–H and O–H groups in total. The molecular weight excluding hydrogens is 320 g/mol. The summed E-state index contributed by atoms with van der Waals surface area (Å²) in [6, 6.07) is 8.69. The smallest absolute Gasteiger partial charge is 0.249 e. The Balaban J connectivity index is 1.57. The zero-order valence-corrected chi connectivity index (χ0v) is 15.2. The van der Waals surface area contributed by atoms with E-state index in [-0.39, 0.29) is 22.9 Å². The number of hydrogen-bond donors (Lipinski definition) is 2. The maximum Gasteiger partial charge on any atom is 0.249 e. The Kier molecular flexibility index (Phi) is 5.85. The van der Waals surface area contributed by atoms with Gasteiger partial charge in [-0.2, -0.15) is 0 Å². The molecule has 5 heteroatoms. The Morgan fingerprint density at radius 2 is 2.00 bits per heavy atom. The third-order valence-corrected chi connectivity index (χ3v) is 6.61. The van der Waals surface area contributed by atoms with Gasteiger partial charge >= 0.3 is 0 Å². The van der Waals surface area contributed by atoms with Crippen molar-refractivity contribution >= 4 is 17.7 Å². The summed E-state index contributed by atoms with van der Waals surface area (Å²) in [5.74, 6) is 0.0294. The van der Waals surface area contributed by atoms with E-state index in [4.69, 9.17) is 10.5 Å². The van der Waals surface area contributed by atoms with Gasteiger partial charge < -0.3 is 15.8 Å². The Labute approximate surface area is 148 Å². The average Bonchev–Trinajstić information content (AvgIpc) is 3.25. The normalized spacial score (nSPS) is 25.8. The number of nitrogens with two attached hydrogens (primary N) is 1. The molecule has 1 aliphatic heterocycles. The Morgan fingerprint density at radius 1 is 1.29 bits per heavy atom. The zero-order valence-electron chi connectivity index (χ0n) is 14.4. The van der Waals surface area contributed by atoms with Crippen molar-refractivity contribution < 1.29 is 9.53 Å². The van der Waals surface area contributed by atoms with Crippen LogP contribution in [0, 0.1) is 6.92 Å². The van der Waals surface area contributed by atoms with Gasteiger partial charge in [0, 0.05) is 22.7 Å². The summed E-state index contributed by atoms with van der Waals surface area (Å²) in [6.45, 7) is 3.32. The van der Waals surface area contributed by atoms with Crippen molar-refractivity contribution in [3.8, 4) is 0 Å². The fourth-order valence-electron chi connectivity index (χ4n) is 3.62. The van der Waals surface area contributed by atoms with Crippen LogP contribution >= 0.6 is 11.8 Å². The number of carbonyl (C=O) groups excluding carboxylic acids is 1. The van der Waals surface area contributed by atoms with Crippen LogP contribution in [0.1, 0.15) is 44.1 Å². The van der Waals surface area contributed by atoms with Gasteiger partial charge in [0.15, 0.2) is 0 Å². The monoisotopic (exact) mass is 348 g/mol. The molecule has 1 aromatic carbocycles. The lowest BCUT2D eigenvalue weighted by Crippen LogP contribution is -2.43. The van der Waals surface area contributed by atoms with Crippen LogP contribution in [-0.2, 0) is 9.53 Å². The summed E-state index contributed by atoms with van der Waals surface area (Å²) in [4.78, 5) is 13.7. The van der Waals surface area contributed by atoms with Crippen molar-refractivity contribution in [2.75, 3.05) is 13.1 Å². The van der Waals surface area contributed by atoms with E-state index >= 15 is 0 Å². The number of amides is 1. The molecule has 0 spiro atoms. The van der Waals surface area contributed by atoms with Gasteiger partial charge in [-0.15, -0.1) is 11.8 Å². The number of ether oxygens (including phenoxy) is 1. The van der Waals surface area contributed by atoms with Gasteiger partial charge in [-0.1, -0.05) is 30.5 Å². The first kappa shape index (κ1) is 17.8. The largest absolute Gasteiger partial charge is 0.364 e. The van der Waals surface area contributed by atoms with E-state index in [0.29, 0.717) is 6.54 Å². The Hall–Kier alpha value is -1.04. The number of hydrogen-bond acceptors (Lipinski definition) is 4. The Bertz CT molecular complexity index is 555. The van der Waals surface area contributed by atoms with Crippen LogP contribution in [0.4, 0.5) is 0 Å². The summed E-state index contributed by atoms with van der Waals surface area (Å²) in [5.41, 5.74) is 6.91. The molecule has 1 saturated heterocycles. The first-order chi connectivity index (χ1) is 11.6. The van der Waals surface area contributed by atoms with Gasteiger partial charge in [-0.05, 0) is 44.7 Å². The molecule has 0 radical (unpaired) electrons. The van der Waals surface area contributed by atoms with Gasteiger partial charge in [0.25, 0.3) is 0 Å². The van der Waals surface area contributed by atoms with E-state index in [9.17, 15) is 4.79 Å². The summed E-state index contributed by atoms with van der Waals surface area (Å²) in [5, 5.41) is 3.16. The lowest BCUT2D eigenvalue weighted by Gasteiger charge is -2.29. The molecule has 1 heterocycles. The van der Waals surface area contributed by atoms with Gasteiger partial charge in [0.2, 0.25) is 5.91 Å². The minimum Gasteiger partial charge on any atom is -0.364 e. The predicted molar refractivity (Wildman–Crippen MR) is 98.2 cm³/mol. The molecule has 0 bridgehead atoms. The third kappa shape index (κ3) is 4.32. The van der Waals surface area contributed by atoms with Crippen molar-refractivity contribution in [3.63, 3.8) is 0 Å². The molecule has 4 nitrogen and oxygen atoms in total. The highest BCUT2D eigenvalue weighted by Gasteiger charge is 2.37. The molecule has 24 heavy (non-hydrogen) atoms. The summed E-state index contributed by atoms with van der Waals surface area (Å²) >= 11 is 1.92. The topological polar surface area (TPSA) is 64.4 Å². The van der Waals surface area contributed by atoms with Crippen molar-refractivity contribution in [2.24, 2.45) is 5.73 Å². The second-order valence-corrected chi connectivity index (χ2v) is 8.62. The summed E-state index contributed by atoms with van der Waals surface area (Å²) in [7, 11) is 0. The van der Waals surface area contributed by atoms with Crippen LogP contribution in [0.2, 0.25) is 0 Å². The third-order valence-electron chi connectivity index (χ3n) is 5.12. The lowest BCUT2D eigenvalue weighted by atomic mass is 10.1. The fourth-order valence-corrected chi connectivity index (χ4v) is 5.03. The molecular formula is C19H28N2O2S. The minimum atomic E-state index is -0.318. The van der Waals surface area contributed by atoms with Crippen molar-refractivity contribution in [1.82, 2.24) is 5.32 Å². The van der Waals surface area contributed by atoms with E-state index in [1.165, 1.54) is 23.3 Å². The highest BCUT2D eigenvalue weighted by atomic mass is 32.2. The Morgan fingerprint density at radius 3 is 2.62 bits per heavy atom. The summed E-state index contributed by atoms with van der Waals surface area (Å²) < 4.78 is 5.83. The lowest BCUT2D eigenvalue weighted by molar-refractivity contribution is -0.131. The van der Waals surface area contributed by atoms with E-state index in [0.717, 1.165) is 32.2 Å². The number of aryl methyl sites for hydroxylation is 1. The highest BCUT2D eigenvalue weighted by Crippen LogP contribution is 2.45. The van der Waals surface area contributed by atoms with Crippen LogP contribution < -0.4 is 11.1 Å². The molecule has 3 rings (SSSR count). The molecule has 1 aromatic rings. The van der Waals surface area contributed by atoms with Crippen molar-refractivity contribution in [2.45, 2.75) is 67.3 Å². The van der Waals surface area contributed by atoms with Gasteiger partial charge in [0.1, 0.15) is 6.10 Å². The average molecular weight is 349 g/mol. The first-order valence-electron chi connectivity index (χ1n) is 8.99. The molecule has 2 fully saturated rings. The second kappa shape index (κ2) is 7.89. The van der Waals surface area contributed by atoms with E-state index < -0.39 is 0 Å². The number of thioether (sulfide) groups is 1. The van der Waals surface area contributed by atoms with Crippen LogP contribution in [-0.4, -0.2) is 36.0 Å². The molecule has 1 aliphatic carbocycles. The molecule has 2 aliphatic rings. The standard InChI is InChI=1S/C19H28N2O2S/c1-14-4-7-16(8-5-14)24-19(10-2-3-11-19)13-21-18(22)17-9-6-15(12-20)23-17/h4-5,7-8,15,17H,2-3,6,9-13,20H2,1H3,(H,21,22)/t15-,17+/m1/s1. The van der Waals surface area contributed by atoms with Crippen LogP contribution in [0.3, 0.4) is 0 Å². The molecule has 0 aromatic heterocycles. The van der Waals surface area contributed by atoms with Gasteiger partial charge in [-0.3, -0.25) is 4.79 Å². The summed E-state index contributed by atoms with van der Waals surface area (Å²) in [6.07, 6.45) is 6.19. The predicted octanol–water partition coefficient (Wildman–Crippen LogP) is 3.02. The first-order valence-corrected chi connectivity index (χ1v) is 9.81. The van der Waals surface area contributed by atoms with Crippen LogP contribution in [0.25, 0.3) is 0 Å². The molecule has 0 unspecified atom stereocenters. The molecule has 132 valence electrons. The second-order valence-electron chi connectivity index (χ2n) is 7.08. The SMILES string of the molecule is Cc1ccc(SC2(CNC(=O)[C@@H]3CC[C@H](CN)O3)CCCC2)cc1. The highest BCUT2D eigenvalue weighted by molar-refractivity contribution is 8.00. The minimum absolute atomic E-state index is 0.0294. The number of carbonyl (C=O) groups is 1. The molecule has 1 saturated carbocycles. The van der Waals surface area contributed by atoms with Gasteiger partial charge in [-0.25, -0.2) is 0 Å².